The highest BCUT2D eigenvalue weighted by Gasteiger charge is 2.34. The van der Waals surface area contributed by atoms with E-state index in [0.29, 0.717) is 5.56 Å². The molecule has 0 aliphatic heterocycles. The molecule has 132 valence electrons. The minimum Gasteiger partial charge on any atom is -0.387 e. The number of aliphatic hydroxyl groups excluding tert-OH is 1. The SMILES string of the molecule is O=C(NOCc1ccccc1)N(CC(O)c1ccc(F)cc1)C1CC1. The number of carbonyl (C=O) groups excluding carboxylic acids is 1. The predicted octanol–water partition coefficient (Wildman–Crippen LogP) is 3.16. The summed E-state index contributed by atoms with van der Waals surface area (Å²) in [7, 11) is 0. The molecule has 2 aromatic carbocycles. The largest absolute Gasteiger partial charge is 0.387 e. The van der Waals surface area contributed by atoms with Crippen LogP contribution in [0.2, 0.25) is 0 Å². The maximum absolute atomic E-state index is 13.0. The molecule has 2 N–H and O–H groups in total. The van der Waals surface area contributed by atoms with Crippen molar-refractivity contribution in [1.82, 2.24) is 10.4 Å². The molecule has 0 radical (unpaired) electrons. The topological polar surface area (TPSA) is 61.8 Å². The third-order valence-electron chi connectivity index (χ3n) is 4.11. The zero-order valence-electron chi connectivity index (χ0n) is 13.8. The Kier molecular flexibility index (Phi) is 5.63. The summed E-state index contributed by atoms with van der Waals surface area (Å²) in [5.74, 6) is -0.359. The fourth-order valence-corrected chi connectivity index (χ4v) is 2.57. The lowest BCUT2D eigenvalue weighted by molar-refractivity contribution is 0.0289. The first-order valence-electron chi connectivity index (χ1n) is 8.29. The monoisotopic (exact) mass is 344 g/mol. The minimum absolute atomic E-state index is 0.107. The Labute approximate surface area is 146 Å². The zero-order chi connectivity index (χ0) is 17.6. The second-order valence-corrected chi connectivity index (χ2v) is 6.13. The van der Waals surface area contributed by atoms with Crippen molar-refractivity contribution in [3.8, 4) is 0 Å². The first-order valence-corrected chi connectivity index (χ1v) is 8.29. The molecule has 5 nitrogen and oxygen atoms in total. The van der Waals surface area contributed by atoms with Gasteiger partial charge < -0.3 is 10.0 Å². The minimum atomic E-state index is -0.874. The lowest BCUT2D eigenvalue weighted by atomic mass is 10.1. The van der Waals surface area contributed by atoms with Crippen molar-refractivity contribution in [3.05, 3.63) is 71.5 Å². The molecule has 25 heavy (non-hydrogen) atoms. The summed E-state index contributed by atoms with van der Waals surface area (Å²) in [5, 5.41) is 10.3. The summed E-state index contributed by atoms with van der Waals surface area (Å²) >= 11 is 0. The Balaban J connectivity index is 1.53. The van der Waals surface area contributed by atoms with Crippen LogP contribution in [0.4, 0.5) is 9.18 Å². The van der Waals surface area contributed by atoms with E-state index in [1.807, 2.05) is 30.3 Å². The van der Waals surface area contributed by atoms with Crippen molar-refractivity contribution in [2.24, 2.45) is 0 Å². The van der Waals surface area contributed by atoms with E-state index < -0.39 is 6.10 Å². The van der Waals surface area contributed by atoms with Crippen LogP contribution in [0.1, 0.15) is 30.1 Å². The van der Waals surface area contributed by atoms with Gasteiger partial charge >= 0.3 is 6.03 Å². The summed E-state index contributed by atoms with van der Waals surface area (Å²) in [6, 6.07) is 14.9. The van der Waals surface area contributed by atoms with Gasteiger partial charge in [-0.1, -0.05) is 42.5 Å². The van der Waals surface area contributed by atoms with Crippen LogP contribution in [0, 0.1) is 5.82 Å². The van der Waals surface area contributed by atoms with E-state index in [-0.39, 0.29) is 31.0 Å². The molecule has 6 heteroatoms. The van der Waals surface area contributed by atoms with Crippen LogP contribution >= 0.6 is 0 Å². The highest BCUT2D eigenvalue weighted by Crippen LogP contribution is 2.29. The van der Waals surface area contributed by atoms with Crippen molar-refractivity contribution in [2.75, 3.05) is 6.54 Å². The van der Waals surface area contributed by atoms with E-state index in [9.17, 15) is 14.3 Å². The van der Waals surface area contributed by atoms with Gasteiger partial charge in [-0.25, -0.2) is 14.7 Å². The van der Waals surface area contributed by atoms with Crippen LogP contribution in [-0.2, 0) is 11.4 Å². The van der Waals surface area contributed by atoms with Gasteiger partial charge in [0.25, 0.3) is 0 Å². The molecule has 1 aliphatic rings. The molecule has 1 aliphatic carbocycles. The number of hydrogen-bond acceptors (Lipinski definition) is 3. The molecule has 3 rings (SSSR count). The third-order valence-corrected chi connectivity index (χ3v) is 4.11. The number of aliphatic hydroxyl groups is 1. The molecule has 0 heterocycles. The zero-order valence-corrected chi connectivity index (χ0v) is 13.8. The molecule has 1 saturated carbocycles. The quantitative estimate of drug-likeness (QED) is 0.759. The first kappa shape index (κ1) is 17.4. The molecule has 2 aromatic rings. The number of benzene rings is 2. The van der Waals surface area contributed by atoms with E-state index in [1.54, 1.807) is 4.90 Å². The predicted molar refractivity (Wildman–Crippen MR) is 90.9 cm³/mol. The van der Waals surface area contributed by atoms with Gasteiger partial charge in [-0.15, -0.1) is 0 Å². The van der Waals surface area contributed by atoms with Gasteiger partial charge in [-0.3, -0.25) is 4.84 Å². The molecule has 0 spiro atoms. The maximum atomic E-state index is 13.0. The third kappa shape index (κ3) is 5.01. The summed E-state index contributed by atoms with van der Waals surface area (Å²) in [6.45, 7) is 0.405. The number of hydroxylamine groups is 1. The lowest BCUT2D eigenvalue weighted by Gasteiger charge is -2.25. The number of amides is 2. The second-order valence-electron chi connectivity index (χ2n) is 6.13. The highest BCUT2D eigenvalue weighted by molar-refractivity contribution is 5.73. The summed E-state index contributed by atoms with van der Waals surface area (Å²) in [4.78, 5) is 19.2. The van der Waals surface area contributed by atoms with Crippen molar-refractivity contribution in [1.29, 1.82) is 0 Å². The fraction of sp³-hybridized carbons (Fsp3) is 0.316. The van der Waals surface area contributed by atoms with Crippen LogP contribution in [0.25, 0.3) is 0 Å². The number of nitrogens with zero attached hydrogens (tertiary/aromatic N) is 1. The lowest BCUT2D eigenvalue weighted by Crippen LogP contribution is -2.43. The fourth-order valence-electron chi connectivity index (χ4n) is 2.57. The Morgan fingerprint density at radius 2 is 1.88 bits per heavy atom. The number of urea groups is 1. The average molecular weight is 344 g/mol. The normalized spacial score (nSPS) is 14.8. The van der Waals surface area contributed by atoms with Gasteiger partial charge in [-0.2, -0.15) is 0 Å². The number of halogens is 1. The first-order chi connectivity index (χ1) is 12.1. The maximum Gasteiger partial charge on any atom is 0.341 e. The molecule has 2 amide bonds. The molecular weight excluding hydrogens is 323 g/mol. The smallest absolute Gasteiger partial charge is 0.341 e. The van der Waals surface area contributed by atoms with Crippen molar-refractivity contribution in [2.45, 2.75) is 31.6 Å². The van der Waals surface area contributed by atoms with Gasteiger partial charge in [0.15, 0.2) is 0 Å². The summed E-state index contributed by atoms with van der Waals surface area (Å²) < 4.78 is 13.0. The number of nitrogens with one attached hydrogen (secondary N) is 1. The van der Waals surface area contributed by atoms with Crippen molar-refractivity contribution in [3.63, 3.8) is 0 Å². The molecule has 0 saturated heterocycles. The molecule has 0 bridgehead atoms. The van der Waals surface area contributed by atoms with Crippen LogP contribution in [0.3, 0.4) is 0 Å². The highest BCUT2D eigenvalue weighted by atomic mass is 19.1. The van der Waals surface area contributed by atoms with E-state index in [4.69, 9.17) is 4.84 Å². The standard InChI is InChI=1S/C19H21FN2O3/c20-16-8-6-15(7-9-16)18(23)12-22(17-10-11-17)19(24)21-25-13-14-4-2-1-3-5-14/h1-9,17-18,23H,10-13H2,(H,21,24). The van der Waals surface area contributed by atoms with E-state index in [0.717, 1.165) is 18.4 Å². The average Bonchev–Trinajstić information content (AvgIpc) is 3.46. The van der Waals surface area contributed by atoms with Gasteiger partial charge in [0.2, 0.25) is 0 Å². The summed E-state index contributed by atoms with van der Waals surface area (Å²) in [5.41, 5.74) is 3.96. The molecule has 1 atom stereocenters. The molecule has 1 unspecified atom stereocenters. The van der Waals surface area contributed by atoms with Crippen LogP contribution in [-0.4, -0.2) is 28.6 Å². The van der Waals surface area contributed by atoms with E-state index in [1.165, 1.54) is 24.3 Å². The Morgan fingerprint density at radius 3 is 2.52 bits per heavy atom. The second kappa shape index (κ2) is 8.09. The Hall–Kier alpha value is -2.44. The van der Waals surface area contributed by atoms with Gasteiger partial charge in [0, 0.05) is 6.04 Å². The molecule has 0 aromatic heterocycles. The Morgan fingerprint density at radius 1 is 1.20 bits per heavy atom. The van der Waals surface area contributed by atoms with Crippen molar-refractivity contribution >= 4 is 6.03 Å². The number of carbonyl (C=O) groups is 1. The van der Waals surface area contributed by atoms with Crippen LogP contribution in [0.15, 0.2) is 54.6 Å². The number of hydrogen-bond donors (Lipinski definition) is 2. The van der Waals surface area contributed by atoms with Gasteiger partial charge in [0.05, 0.1) is 19.3 Å². The Bertz CT molecular complexity index is 690. The molecule has 1 fully saturated rings. The van der Waals surface area contributed by atoms with Gasteiger partial charge in [0.1, 0.15) is 5.82 Å². The number of rotatable bonds is 7. The van der Waals surface area contributed by atoms with Gasteiger partial charge in [-0.05, 0) is 36.1 Å². The van der Waals surface area contributed by atoms with Crippen LogP contribution < -0.4 is 5.48 Å². The molecular formula is C19H21FN2O3. The summed E-state index contributed by atoms with van der Waals surface area (Å²) in [6.07, 6.45) is 0.936. The van der Waals surface area contributed by atoms with E-state index in [2.05, 4.69) is 5.48 Å². The van der Waals surface area contributed by atoms with E-state index >= 15 is 0 Å². The van der Waals surface area contributed by atoms with Crippen LogP contribution in [0.5, 0.6) is 0 Å². The van der Waals surface area contributed by atoms with Crippen molar-refractivity contribution < 1.29 is 19.1 Å².